The fourth-order valence-corrected chi connectivity index (χ4v) is 2.35. The summed E-state index contributed by atoms with van der Waals surface area (Å²) in [6.07, 6.45) is 2.16. The molecule has 1 aliphatic rings. The van der Waals surface area contributed by atoms with Crippen LogP contribution in [0.5, 0.6) is 0 Å². The van der Waals surface area contributed by atoms with Crippen molar-refractivity contribution in [1.82, 2.24) is 0 Å². The third kappa shape index (κ3) is 3.24. The van der Waals surface area contributed by atoms with E-state index in [1.54, 1.807) is 4.90 Å². The molecule has 0 aromatic heterocycles. The van der Waals surface area contributed by atoms with Crippen molar-refractivity contribution < 1.29 is 9.59 Å². The molecule has 21 heavy (non-hydrogen) atoms. The van der Waals surface area contributed by atoms with E-state index in [9.17, 15) is 9.59 Å². The van der Waals surface area contributed by atoms with Crippen molar-refractivity contribution in [2.45, 2.75) is 33.1 Å². The number of anilines is 2. The monoisotopic (exact) mass is 289 g/mol. The van der Waals surface area contributed by atoms with Crippen LogP contribution in [0.25, 0.3) is 0 Å². The van der Waals surface area contributed by atoms with Gasteiger partial charge in [0.15, 0.2) is 0 Å². The van der Waals surface area contributed by atoms with Gasteiger partial charge in [-0.15, -0.1) is 0 Å². The zero-order chi connectivity index (χ0) is 15.5. The first-order valence-corrected chi connectivity index (χ1v) is 7.42. The molecule has 0 saturated carbocycles. The van der Waals surface area contributed by atoms with Crippen LogP contribution in [0.15, 0.2) is 24.3 Å². The second kappa shape index (κ2) is 6.26. The van der Waals surface area contributed by atoms with Crippen LogP contribution in [0, 0.1) is 5.41 Å². The third-order valence-electron chi connectivity index (χ3n) is 4.27. The number of rotatable bonds is 5. The molecule has 5 nitrogen and oxygen atoms in total. The van der Waals surface area contributed by atoms with E-state index in [0.717, 1.165) is 18.7 Å². The highest BCUT2D eigenvalue weighted by Gasteiger charge is 2.30. The lowest BCUT2D eigenvalue weighted by Gasteiger charge is -2.25. The van der Waals surface area contributed by atoms with E-state index < -0.39 is 5.41 Å². The number of nitrogens with two attached hydrogens (primary N) is 1. The second-order valence-corrected chi connectivity index (χ2v) is 5.77. The van der Waals surface area contributed by atoms with E-state index in [2.05, 4.69) is 5.32 Å². The summed E-state index contributed by atoms with van der Waals surface area (Å²) in [6.45, 7) is 4.85. The lowest BCUT2D eigenvalue weighted by atomic mass is 9.86. The van der Waals surface area contributed by atoms with Gasteiger partial charge < -0.3 is 16.0 Å². The number of amides is 2. The molecule has 5 heteroatoms. The molecule has 0 aliphatic carbocycles. The molecule has 0 radical (unpaired) electrons. The van der Waals surface area contributed by atoms with Gasteiger partial charge in [-0.25, -0.2) is 0 Å². The Morgan fingerprint density at radius 3 is 2.81 bits per heavy atom. The summed E-state index contributed by atoms with van der Waals surface area (Å²) in [6, 6.07) is 7.41. The molecule has 0 bridgehead atoms. The molecule has 1 saturated heterocycles. The van der Waals surface area contributed by atoms with Gasteiger partial charge in [-0.2, -0.15) is 0 Å². The topological polar surface area (TPSA) is 75.4 Å². The van der Waals surface area contributed by atoms with Crippen molar-refractivity contribution in [3.63, 3.8) is 0 Å². The number of hydrogen-bond donors (Lipinski definition) is 2. The molecule has 0 spiro atoms. The Hall–Kier alpha value is -1.88. The normalized spacial score (nSPS) is 17.7. The first-order valence-electron chi connectivity index (χ1n) is 7.42. The van der Waals surface area contributed by atoms with Gasteiger partial charge in [0.2, 0.25) is 11.8 Å². The van der Waals surface area contributed by atoms with Crippen molar-refractivity contribution in [2.75, 3.05) is 23.3 Å². The van der Waals surface area contributed by atoms with Gasteiger partial charge in [0, 0.05) is 30.9 Å². The Balaban J connectivity index is 2.15. The minimum Gasteiger partial charge on any atom is -0.329 e. The average molecular weight is 289 g/mol. The van der Waals surface area contributed by atoms with Crippen LogP contribution < -0.4 is 16.0 Å². The minimum atomic E-state index is -0.570. The first kappa shape index (κ1) is 15.5. The molecule has 1 aromatic carbocycles. The number of carbonyl (C=O) groups is 2. The molecular formula is C16H23N3O2. The Morgan fingerprint density at radius 2 is 2.24 bits per heavy atom. The Morgan fingerprint density at radius 1 is 1.48 bits per heavy atom. The van der Waals surface area contributed by atoms with Gasteiger partial charge >= 0.3 is 0 Å². The Labute approximate surface area is 125 Å². The van der Waals surface area contributed by atoms with Crippen molar-refractivity contribution >= 4 is 23.2 Å². The molecule has 1 aliphatic heterocycles. The molecule has 1 aromatic rings. The van der Waals surface area contributed by atoms with Crippen LogP contribution in [0.3, 0.4) is 0 Å². The lowest BCUT2D eigenvalue weighted by Crippen LogP contribution is -2.39. The molecule has 1 atom stereocenters. The fourth-order valence-electron chi connectivity index (χ4n) is 2.35. The van der Waals surface area contributed by atoms with Crippen molar-refractivity contribution in [3.8, 4) is 0 Å². The first-order chi connectivity index (χ1) is 10.00. The molecule has 3 N–H and O–H groups in total. The summed E-state index contributed by atoms with van der Waals surface area (Å²) in [5.74, 6) is 0.0521. The van der Waals surface area contributed by atoms with Crippen LogP contribution in [0.1, 0.15) is 33.1 Å². The number of carbonyl (C=O) groups excluding carboxylic acids is 2. The van der Waals surface area contributed by atoms with Gasteiger partial charge in [0.05, 0.1) is 5.41 Å². The smallest absolute Gasteiger partial charge is 0.231 e. The standard InChI is InChI=1S/C16H23N3O2/c1-3-16(2,11-17)15(21)18-12-6-4-7-13(10-12)19-9-5-8-14(19)20/h4,6-7,10H,3,5,8-9,11,17H2,1-2H3,(H,18,21). The summed E-state index contributed by atoms with van der Waals surface area (Å²) >= 11 is 0. The summed E-state index contributed by atoms with van der Waals surface area (Å²) in [7, 11) is 0. The fraction of sp³-hybridized carbons (Fsp3) is 0.500. The zero-order valence-electron chi connectivity index (χ0n) is 12.7. The quantitative estimate of drug-likeness (QED) is 0.872. The van der Waals surface area contributed by atoms with Crippen LogP contribution in [-0.4, -0.2) is 24.9 Å². The highest BCUT2D eigenvalue weighted by molar-refractivity contribution is 5.98. The molecule has 2 rings (SSSR count). The third-order valence-corrected chi connectivity index (χ3v) is 4.27. The number of benzene rings is 1. The van der Waals surface area contributed by atoms with Gasteiger partial charge in [0.25, 0.3) is 0 Å². The number of hydrogen-bond acceptors (Lipinski definition) is 3. The van der Waals surface area contributed by atoms with Crippen LogP contribution in [0.4, 0.5) is 11.4 Å². The summed E-state index contributed by atoms with van der Waals surface area (Å²) in [5, 5.41) is 2.91. The largest absolute Gasteiger partial charge is 0.329 e. The number of nitrogens with one attached hydrogen (secondary N) is 1. The van der Waals surface area contributed by atoms with Gasteiger partial charge in [-0.3, -0.25) is 9.59 Å². The van der Waals surface area contributed by atoms with E-state index in [4.69, 9.17) is 5.73 Å². The second-order valence-electron chi connectivity index (χ2n) is 5.77. The van der Waals surface area contributed by atoms with E-state index in [1.807, 2.05) is 38.1 Å². The number of nitrogens with zero attached hydrogens (tertiary/aromatic N) is 1. The molecular weight excluding hydrogens is 266 g/mol. The predicted molar refractivity (Wildman–Crippen MR) is 84.1 cm³/mol. The Kier molecular flexibility index (Phi) is 4.63. The zero-order valence-corrected chi connectivity index (χ0v) is 12.7. The van der Waals surface area contributed by atoms with Crippen molar-refractivity contribution in [2.24, 2.45) is 11.1 Å². The summed E-state index contributed by atoms with van der Waals surface area (Å²) < 4.78 is 0. The van der Waals surface area contributed by atoms with Crippen LogP contribution in [-0.2, 0) is 9.59 Å². The highest BCUT2D eigenvalue weighted by Crippen LogP contribution is 2.26. The Bertz CT molecular complexity index is 538. The molecule has 1 unspecified atom stereocenters. The summed E-state index contributed by atoms with van der Waals surface area (Å²) in [5.41, 5.74) is 6.67. The van der Waals surface area contributed by atoms with E-state index in [1.165, 1.54) is 0 Å². The maximum atomic E-state index is 12.3. The van der Waals surface area contributed by atoms with Crippen LogP contribution in [0.2, 0.25) is 0 Å². The summed E-state index contributed by atoms with van der Waals surface area (Å²) in [4.78, 5) is 25.9. The van der Waals surface area contributed by atoms with Gasteiger partial charge in [0.1, 0.15) is 0 Å². The van der Waals surface area contributed by atoms with Crippen molar-refractivity contribution in [3.05, 3.63) is 24.3 Å². The lowest BCUT2D eigenvalue weighted by molar-refractivity contribution is -0.124. The average Bonchev–Trinajstić information content (AvgIpc) is 2.92. The maximum Gasteiger partial charge on any atom is 0.231 e. The van der Waals surface area contributed by atoms with E-state index >= 15 is 0 Å². The van der Waals surface area contributed by atoms with Gasteiger partial charge in [-0.05, 0) is 38.0 Å². The van der Waals surface area contributed by atoms with Crippen LogP contribution >= 0.6 is 0 Å². The van der Waals surface area contributed by atoms with E-state index in [0.29, 0.717) is 25.1 Å². The molecule has 114 valence electrons. The van der Waals surface area contributed by atoms with Gasteiger partial charge in [-0.1, -0.05) is 13.0 Å². The van der Waals surface area contributed by atoms with Crippen molar-refractivity contribution in [1.29, 1.82) is 0 Å². The minimum absolute atomic E-state index is 0.0857. The molecule has 1 fully saturated rings. The maximum absolute atomic E-state index is 12.3. The SMILES string of the molecule is CCC(C)(CN)C(=O)Nc1cccc(N2CCCC2=O)c1. The predicted octanol–water partition coefficient (Wildman–Crippen LogP) is 2.13. The molecule has 2 amide bonds. The highest BCUT2D eigenvalue weighted by atomic mass is 16.2. The van der Waals surface area contributed by atoms with E-state index in [-0.39, 0.29) is 11.8 Å². The molecule has 1 heterocycles.